The van der Waals surface area contributed by atoms with Crippen molar-refractivity contribution in [1.82, 2.24) is 19.5 Å². The molecule has 0 aliphatic heterocycles. The van der Waals surface area contributed by atoms with Crippen LogP contribution < -0.4 is 11.4 Å². The fourth-order valence-corrected chi connectivity index (χ4v) is 4.14. The van der Waals surface area contributed by atoms with Gasteiger partial charge in [0, 0.05) is 16.6 Å². The number of carbonyl (C=O) groups excluding carboxylic acids is 1. The van der Waals surface area contributed by atoms with Crippen molar-refractivity contribution in [2.75, 3.05) is 0 Å². The Morgan fingerprint density at radius 2 is 1.93 bits per heavy atom. The number of carbonyl (C=O) groups is 1. The third-order valence-electron chi connectivity index (χ3n) is 4.91. The van der Waals surface area contributed by atoms with E-state index in [4.69, 9.17) is 28.9 Å². The van der Waals surface area contributed by atoms with Crippen LogP contribution in [-0.2, 0) is 0 Å². The van der Waals surface area contributed by atoms with Gasteiger partial charge in [-0.3, -0.25) is 9.36 Å². The normalized spacial score (nSPS) is 15.3. The lowest BCUT2D eigenvalue weighted by Gasteiger charge is -2.22. The van der Waals surface area contributed by atoms with Gasteiger partial charge >= 0.3 is 5.69 Å². The van der Waals surface area contributed by atoms with Crippen LogP contribution >= 0.6 is 23.2 Å². The molecule has 1 aromatic carbocycles. The number of rotatable bonds is 3. The average molecular weight is 406 g/mol. The number of H-pyrrole nitrogens is 1. The van der Waals surface area contributed by atoms with E-state index < -0.39 is 5.91 Å². The molecule has 0 bridgehead atoms. The van der Waals surface area contributed by atoms with Gasteiger partial charge < -0.3 is 10.7 Å². The largest absolute Gasteiger partial charge is 0.364 e. The van der Waals surface area contributed by atoms with Crippen molar-refractivity contribution in [1.29, 1.82) is 0 Å². The minimum Gasteiger partial charge on any atom is -0.364 e. The molecule has 1 fully saturated rings. The highest BCUT2D eigenvalue weighted by molar-refractivity contribution is 6.36. The summed E-state index contributed by atoms with van der Waals surface area (Å²) in [6.07, 6.45) is 5.03. The molecule has 7 nitrogen and oxygen atoms in total. The first-order valence-corrected chi connectivity index (χ1v) is 9.49. The van der Waals surface area contributed by atoms with Crippen LogP contribution in [0.4, 0.5) is 0 Å². The third-order valence-corrected chi connectivity index (χ3v) is 5.46. The van der Waals surface area contributed by atoms with E-state index in [2.05, 4.69) is 15.0 Å². The summed E-state index contributed by atoms with van der Waals surface area (Å²) >= 11 is 12.2. The summed E-state index contributed by atoms with van der Waals surface area (Å²) in [4.78, 5) is 36.1. The Morgan fingerprint density at radius 3 is 2.59 bits per heavy atom. The predicted molar refractivity (Wildman–Crippen MR) is 104 cm³/mol. The number of halogens is 2. The first kappa shape index (κ1) is 18.0. The zero-order valence-corrected chi connectivity index (χ0v) is 15.8. The standard InChI is InChI=1S/C18H17Cl2N5O2/c19-9-6-7-11(12(20)8-9)16-22-13(15(21)26)14-17(24-16)25(18(27)23-14)10-4-2-1-3-5-10/h6-8,10H,1-5H2,(H2,21,26)(H,23,27). The lowest BCUT2D eigenvalue weighted by Crippen LogP contribution is -2.24. The molecule has 1 aliphatic carbocycles. The Kier molecular flexibility index (Phi) is 4.65. The molecule has 1 saturated carbocycles. The number of primary amides is 1. The first-order chi connectivity index (χ1) is 13.0. The lowest BCUT2D eigenvalue weighted by molar-refractivity contribution is 0.0997. The number of hydrogen-bond acceptors (Lipinski definition) is 4. The van der Waals surface area contributed by atoms with Gasteiger partial charge in [0.25, 0.3) is 5.91 Å². The molecular weight excluding hydrogens is 389 g/mol. The Labute approximate surface area is 164 Å². The number of nitrogens with two attached hydrogens (primary N) is 1. The van der Waals surface area contributed by atoms with Crippen LogP contribution in [0.2, 0.25) is 10.0 Å². The summed E-state index contributed by atoms with van der Waals surface area (Å²) in [5.74, 6) is -0.521. The van der Waals surface area contributed by atoms with Crippen LogP contribution in [0, 0.1) is 0 Å². The van der Waals surface area contributed by atoms with Crippen molar-refractivity contribution in [3.63, 3.8) is 0 Å². The van der Waals surface area contributed by atoms with Crippen molar-refractivity contribution < 1.29 is 4.79 Å². The van der Waals surface area contributed by atoms with E-state index >= 15 is 0 Å². The molecule has 4 rings (SSSR count). The number of imidazole rings is 1. The smallest absolute Gasteiger partial charge is 0.327 e. The number of aromatic amines is 1. The van der Waals surface area contributed by atoms with Gasteiger partial charge in [-0.05, 0) is 31.0 Å². The summed E-state index contributed by atoms with van der Waals surface area (Å²) in [6.45, 7) is 0. The summed E-state index contributed by atoms with van der Waals surface area (Å²) in [5.41, 5.74) is 6.30. The molecule has 2 aromatic heterocycles. The van der Waals surface area contributed by atoms with E-state index in [-0.39, 0.29) is 28.8 Å². The maximum absolute atomic E-state index is 12.6. The van der Waals surface area contributed by atoms with Crippen molar-refractivity contribution in [2.45, 2.75) is 38.1 Å². The molecular formula is C18H17Cl2N5O2. The van der Waals surface area contributed by atoms with E-state index in [1.165, 1.54) is 0 Å². The SMILES string of the molecule is NC(=O)c1nc(-c2ccc(Cl)cc2Cl)nc2c1[nH]c(=O)n2C1CCCCC1. The maximum Gasteiger partial charge on any atom is 0.327 e. The van der Waals surface area contributed by atoms with Gasteiger partial charge in [0.1, 0.15) is 5.52 Å². The molecule has 3 N–H and O–H groups in total. The van der Waals surface area contributed by atoms with Gasteiger partial charge in [0.15, 0.2) is 17.2 Å². The van der Waals surface area contributed by atoms with Crippen molar-refractivity contribution >= 4 is 40.3 Å². The topological polar surface area (TPSA) is 107 Å². The first-order valence-electron chi connectivity index (χ1n) is 8.73. The fraction of sp³-hybridized carbons (Fsp3) is 0.333. The highest BCUT2D eigenvalue weighted by Gasteiger charge is 2.25. The lowest BCUT2D eigenvalue weighted by atomic mass is 9.95. The van der Waals surface area contributed by atoms with Crippen molar-refractivity contribution in [3.8, 4) is 11.4 Å². The second-order valence-electron chi connectivity index (χ2n) is 6.67. The number of aromatic nitrogens is 4. The monoisotopic (exact) mass is 405 g/mol. The minimum absolute atomic E-state index is 0.0316. The quantitative estimate of drug-likeness (QED) is 0.692. The number of nitrogens with one attached hydrogen (secondary N) is 1. The van der Waals surface area contributed by atoms with E-state index in [1.54, 1.807) is 22.8 Å². The van der Waals surface area contributed by atoms with E-state index in [0.29, 0.717) is 21.3 Å². The summed E-state index contributed by atoms with van der Waals surface area (Å²) in [5, 5.41) is 0.820. The maximum atomic E-state index is 12.6. The van der Waals surface area contributed by atoms with Gasteiger partial charge in [0.05, 0.1) is 5.02 Å². The van der Waals surface area contributed by atoms with Crippen molar-refractivity contribution in [2.24, 2.45) is 5.73 Å². The zero-order valence-electron chi connectivity index (χ0n) is 14.3. The van der Waals surface area contributed by atoms with Gasteiger partial charge in [0.2, 0.25) is 0 Å². The molecule has 3 aromatic rings. The summed E-state index contributed by atoms with van der Waals surface area (Å²) < 4.78 is 1.62. The van der Waals surface area contributed by atoms with Gasteiger partial charge in [-0.15, -0.1) is 0 Å². The molecule has 2 heterocycles. The number of hydrogen-bond donors (Lipinski definition) is 2. The Balaban J connectivity index is 1.98. The molecule has 0 unspecified atom stereocenters. The molecule has 0 spiro atoms. The molecule has 0 atom stereocenters. The van der Waals surface area contributed by atoms with Crippen LogP contribution in [-0.4, -0.2) is 25.4 Å². The zero-order chi connectivity index (χ0) is 19.1. The van der Waals surface area contributed by atoms with Crippen LogP contribution in [0.3, 0.4) is 0 Å². The highest BCUT2D eigenvalue weighted by atomic mass is 35.5. The van der Waals surface area contributed by atoms with Crippen molar-refractivity contribution in [3.05, 3.63) is 44.4 Å². The van der Waals surface area contributed by atoms with Gasteiger partial charge in [-0.1, -0.05) is 42.5 Å². The predicted octanol–water partition coefficient (Wildman–Crippen LogP) is 3.70. The fourth-order valence-electron chi connectivity index (χ4n) is 3.65. The third kappa shape index (κ3) is 3.21. The molecule has 27 heavy (non-hydrogen) atoms. The number of nitrogens with zero attached hydrogens (tertiary/aromatic N) is 3. The van der Waals surface area contributed by atoms with Crippen LogP contribution in [0.5, 0.6) is 0 Å². The van der Waals surface area contributed by atoms with Gasteiger partial charge in [-0.2, -0.15) is 0 Å². The van der Waals surface area contributed by atoms with Crippen LogP contribution in [0.25, 0.3) is 22.6 Å². The molecule has 1 aliphatic rings. The Hall–Kier alpha value is -2.38. The molecule has 0 radical (unpaired) electrons. The summed E-state index contributed by atoms with van der Waals surface area (Å²) in [6, 6.07) is 4.93. The molecule has 9 heteroatoms. The minimum atomic E-state index is -0.745. The number of amides is 1. The van der Waals surface area contributed by atoms with E-state index in [0.717, 1.165) is 32.1 Å². The molecule has 1 amide bonds. The van der Waals surface area contributed by atoms with E-state index in [1.807, 2.05) is 0 Å². The van der Waals surface area contributed by atoms with Gasteiger partial charge in [-0.25, -0.2) is 14.8 Å². The molecule has 0 saturated heterocycles. The molecule has 140 valence electrons. The average Bonchev–Trinajstić information content (AvgIpc) is 2.97. The second kappa shape index (κ2) is 6.98. The highest BCUT2D eigenvalue weighted by Crippen LogP contribution is 2.32. The Morgan fingerprint density at radius 1 is 1.19 bits per heavy atom. The number of fused-ring (bicyclic) bond motifs is 1. The Bertz CT molecular complexity index is 1100. The van der Waals surface area contributed by atoms with Crippen LogP contribution in [0.1, 0.15) is 48.6 Å². The summed E-state index contributed by atoms with van der Waals surface area (Å²) in [7, 11) is 0. The van der Waals surface area contributed by atoms with E-state index in [9.17, 15) is 9.59 Å². The second-order valence-corrected chi connectivity index (χ2v) is 7.52. The number of benzene rings is 1. The van der Waals surface area contributed by atoms with Crippen LogP contribution in [0.15, 0.2) is 23.0 Å².